The Bertz CT molecular complexity index is 833. The molecule has 2 aromatic rings. The summed E-state index contributed by atoms with van der Waals surface area (Å²) < 4.78 is 10.5. The number of hydrogen-bond acceptors (Lipinski definition) is 5. The van der Waals surface area contributed by atoms with E-state index in [0.717, 1.165) is 12.0 Å². The smallest absolute Gasteiger partial charge is 0.329 e. The molecular formula is C18H17N3O4. The van der Waals surface area contributed by atoms with E-state index in [0.29, 0.717) is 22.7 Å². The van der Waals surface area contributed by atoms with Crippen molar-refractivity contribution in [3.63, 3.8) is 0 Å². The molecule has 1 aliphatic heterocycles. The molecule has 3 rings (SSSR count). The number of fused-ring (bicyclic) bond motifs is 1. The van der Waals surface area contributed by atoms with Gasteiger partial charge in [0.05, 0.1) is 6.21 Å². The van der Waals surface area contributed by atoms with E-state index in [-0.39, 0.29) is 6.79 Å². The number of hydrazone groups is 1. The average molecular weight is 339 g/mol. The number of carbonyl (C=O) groups excluding carboxylic acids is 2. The molecule has 0 saturated carbocycles. The quantitative estimate of drug-likeness (QED) is 0.507. The minimum atomic E-state index is -0.845. The Morgan fingerprint density at radius 1 is 1.12 bits per heavy atom. The highest BCUT2D eigenvalue weighted by atomic mass is 16.7. The van der Waals surface area contributed by atoms with Crippen molar-refractivity contribution in [3.05, 3.63) is 53.6 Å². The van der Waals surface area contributed by atoms with E-state index in [1.807, 2.05) is 19.1 Å². The third-order valence-electron chi connectivity index (χ3n) is 3.63. The summed E-state index contributed by atoms with van der Waals surface area (Å²) in [7, 11) is 0. The summed E-state index contributed by atoms with van der Waals surface area (Å²) in [5.74, 6) is -0.342. The van der Waals surface area contributed by atoms with Gasteiger partial charge in [-0.05, 0) is 41.8 Å². The lowest BCUT2D eigenvalue weighted by molar-refractivity contribution is -0.136. The van der Waals surface area contributed by atoms with Gasteiger partial charge in [-0.3, -0.25) is 9.59 Å². The molecule has 2 aromatic carbocycles. The number of carbonyl (C=O) groups is 2. The number of ether oxygens (including phenoxy) is 2. The minimum absolute atomic E-state index is 0.187. The molecule has 0 radical (unpaired) electrons. The zero-order valence-electron chi connectivity index (χ0n) is 13.6. The van der Waals surface area contributed by atoms with E-state index >= 15 is 0 Å². The van der Waals surface area contributed by atoms with Crippen molar-refractivity contribution in [2.24, 2.45) is 5.10 Å². The molecule has 0 saturated heterocycles. The van der Waals surface area contributed by atoms with Crippen LogP contribution in [0.3, 0.4) is 0 Å². The van der Waals surface area contributed by atoms with Crippen molar-refractivity contribution in [1.29, 1.82) is 0 Å². The number of para-hydroxylation sites is 1. The van der Waals surface area contributed by atoms with Crippen molar-refractivity contribution in [3.8, 4) is 11.5 Å². The molecule has 1 heterocycles. The predicted molar refractivity (Wildman–Crippen MR) is 92.8 cm³/mol. The second kappa shape index (κ2) is 7.48. The topological polar surface area (TPSA) is 89.0 Å². The standard InChI is InChI=1S/C18H17N3O4/c1-2-13-5-3-4-6-14(13)20-17(22)18(23)21-19-10-12-7-8-15-16(9-12)25-11-24-15/h3-10H,2,11H2,1H3,(H,20,22)(H,21,23)/b19-10-. The van der Waals surface area contributed by atoms with Crippen LogP contribution in [0.15, 0.2) is 47.6 Å². The van der Waals surface area contributed by atoms with Crippen molar-refractivity contribution >= 4 is 23.7 Å². The molecule has 0 fully saturated rings. The Labute approximate surface area is 144 Å². The van der Waals surface area contributed by atoms with Crippen LogP contribution in [0.5, 0.6) is 11.5 Å². The number of hydrogen-bond donors (Lipinski definition) is 2. The average Bonchev–Trinajstić information content (AvgIpc) is 3.09. The largest absolute Gasteiger partial charge is 0.454 e. The van der Waals surface area contributed by atoms with Crippen molar-refractivity contribution in [1.82, 2.24) is 5.43 Å². The Morgan fingerprint density at radius 2 is 1.92 bits per heavy atom. The van der Waals surface area contributed by atoms with Crippen molar-refractivity contribution in [2.75, 3.05) is 12.1 Å². The number of nitrogens with zero attached hydrogens (tertiary/aromatic N) is 1. The molecule has 7 nitrogen and oxygen atoms in total. The Balaban J connectivity index is 1.57. The molecule has 0 spiro atoms. The number of nitrogens with one attached hydrogen (secondary N) is 2. The van der Waals surface area contributed by atoms with E-state index in [2.05, 4.69) is 15.8 Å². The Morgan fingerprint density at radius 3 is 2.76 bits per heavy atom. The fourth-order valence-electron chi connectivity index (χ4n) is 2.34. The summed E-state index contributed by atoms with van der Waals surface area (Å²) >= 11 is 0. The highest BCUT2D eigenvalue weighted by Gasteiger charge is 2.15. The normalized spacial score (nSPS) is 12.2. The van der Waals surface area contributed by atoms with Gasteiger partial charge in [-0.15, -0.1) is 0 Å². The molecule has 2 amide bonds. The van der Waals surface area contributed by atoms with E-state index in [9.17, 15) is 9.59 Å². The number of rotatable bonds is 4. The highest BCUT2D eigenvalue weighted by Crippen LogP contribution is 2.31. The molecule has 7 heteroatoms. The Kier molecular flexibility index (Phi) is 4.94. The maximum Gasteiger partial charge on any atom is 0.329 e. The molecule has 2 N–H and O–H groups in total. The lowest BCUT2D eigenvalue weighted by Crippen LogP contribution is -2.32. The van der Waals surface area contributed by atoms with Gasteiger partial charge in [0, 0.05) is 5.69 Å². The summed E-state index contributed by atoms with van der Waals surface area (Å²) in [6, 6.07) is 12.6. The van der Waals surface area contributed by atoms with Gasteiger partial charge in [0.1, 0.15) is 0 Å². The van der Waals surface area contributed by atoms with E-state index in [4.69, 9.17) is 9.47 Å². The number of amides is 2. The molecule has 0 aromatic heterocycles. The van der Waals surface area contributed by atoms with Crippen LogP contribution in [-0.2, 0) is 16.0 Å². The van der Waals surface area contributed by atoms with Gasteiger partial charge < -0.3 is 14.8 Å². The SMILES string of the molecule is CCc1ccccc1NC(=O)C(=O)N/N=C\c1ccc2c(c1)OCO2. The van der Waals surface area contributed by atoms with Crippen LogP contribution in [0.25, 0.3) is 0 Å². The summed E-state index contributed by atoms with van der Waals surface area (Å²) in [6.07, 6.45) is 2.17. The van der Waals surface area contributed by atoms with Crippen LogP contribution in [0.4, 0.5) is 5.69 Å². The third-order valence-corrected chi connectivity index (χ3v) is 3.63. The maximum atomic E-state index is 11.9. The van der Waals surface area contributed by atoms with E-state index in [1.54, 1.807) is 30.3 Å². The van der Waals surface area contributed by atoms with E-state index in [1.165, 1.54) is 6.21 Å². The minimum Gasteiger partial charge on any atom is -0.454 e. The zero-order chi connectivity index (χ0) is 17.6. The molecule has 25 heavy (non-hydrogen) atoms. The predicted octanol–water partition coefficient (Wildman–Crippen LogP) is 2.07. The van der Waals surface area contributed by atoms with Gasteiger partial charge in [0.2, 0.25) is 6.79 Å². The second-order valence-corrected chi connectivity index (χ2v) is 5.28. The fraction of sp³-hybridized carbons (Fsp3) is 0.167. The fourth-order valence-corrected chi connectivity index (χ4v) is 2.34. The van der Waals surface area contributed by atoms with Crippen LogP contribution in [0.1, 0.15) is 18.1 Å². The first-order chi connectivity index (χ1) is 12.2. The van der Waals surface area contributed by atoms with Gasteiger partial charge in [0.15, 0.2) is 11.5 Å². The second-order valence-electron chi connectivity index (χ2n) is 5.28. The highest BCUT2D eigenvalue weighted by molar-refractivity contribution is 6.39. The molecule has 0 aliphatic carbocycles. The lowest BCUT2D eigenvalue weighted by atomic mass is 10.1. The molecule has 0 atom stereocenters. The first kappa shape index (κ1) is 16.5. The summed E-state index contributed by atoms with van der Waals surface area (Å²) in [5, 5.41) is 6.37. The first-order valence-electron chi connectivity index (χ1n) is 7.79. The lowest BCUT2D eigenvalue weighted by Gasteiger charge is -2.08. The van der Waals surface area contributed by atoms with Crippen molar-refractivity contribution < 1.29 is 19.1 Å². The number of benzene rings is 2. The first-order valence-corrected chi connectivity index (χ1v) is 7.79. The molecule has 128 valence electrons. The van der Waals surface area contributed by atoms with Gasteiger partial charge in [0.25, 0.3) is 0 Å². The van der Waals surface area contributed by atoms with Crippen LogP contribution < -0.4 is 20.2 Å². The molecule has 0 unspecified atom stereocenters. The maximum absolute atomic E-state index is 11.9. The molecule has 1 aliphatic rings. The van der Waals surface area contributed by atoms with Crippen LogP contribution in [-0.4, -0.2) is 24.8 Å². The third kappa shape index (κ3) is 3.95. The summed E-state index contributed by atoms with van der Waals surface area (Å²) in [4.78, 5) is 23.8. The van der Waals surface area contributed by atoms with Gasteiger partial charge in [-0.1, -0.05) is 25.1 Å². The van der Waals surface area contributed by atoms with Crippen LogP contribution in [0, 0.1) is 0 Å². The monoisotopic (exact) mass is 339 g/mol. The van der Waals surface area contributed by atoms with Crippen LogP contribution in [0.2, 0.25) is 0 Å². The summed E-state index contributed by atoms with van der Waals surface area (Å²) in [5.41, 5.74) is 4.48. The molecular weight excluding hydrogens is 322 g/mol. The number of aryl methyl sites for hydroxylation is 1. The van der Waals surface area contributed by atoms with Crippen molar-refractivity contribution in [2.45, 2.75) is 13.3 Å². The van der Waals surface area contributed by atoms with Crippen LogP contribution >= 0.6 is 0 Å². The zero-order valence-corrected chi connectivity index (χ0v) is 13.6. The Hall–Kier alpha value is -3.35. The summed E-state index contributed by atoms with van der Waals surface area (Å²) in [6.45, 7) is 2.16. The number of anilines is 1. The van der Waals surface area contributed by atoms with Gasteiger partial charge in [-0.25, -0.2) is 5.43 Å². The van der Waals surface area contributed by atoms with Gasteiger partial charge in [-0.2, -0.15) is 5.10 Å². The molecule has 0 bridgehead atoms. The van der Waals surface area contributed by atoms with Gasteiger partial charge >= 0.3 is 11.8 Å². The van der Waals surface area contributed by atoms with E-state index < -0.39 is 11.8 Å².